The first-order chi connectivity index (χ1) is 8.75. The molecular weight excluding hydrogens is 250 g/mol. The second-order valence-corrected chi connectivity index (χ2v) is 4.45. The molecule has 18 heavy (non-hydrogen) atoms. The number of carbonyl (C=O) groups is 1. The number of fused-ring (bicyclic) bond motifs is 1. The van der Waals surface area contributed by atoms with Gasteiger partial charge in [0, 0.05) is 10.9 Å². The van der Waals surface area contributed by atoms with Crippen LogP contribution in [0.15, 0.2) is 35.8 Å². The van der Waals surface area contributed by atoms with Crippen molar-refractivity contribution in [2.45, 2.75) is 0 Å². The highest BCUT2D eigenvalue weighted by molar-refractivity contribution is 7.12. The van der Waals surface area contributed by atoms with Gasteiger partial charge in [0.25, 0.3) is 0 Å². The van der Waals surface area contributed by atoms with E-state index >= 15 is 0 Å². The average molecular weight is 257 g/mol. The zero-order valence-electron chi connectivity index (χ0n) is 9.07. The Morgan fingerprint density at radius 1 is 1.22 bits per heavy atom. The lowest BCUT2D eigenvalue weighted by Crippen LogP contribution is -1.99. The summed E-state index contributed by atoms with van der Waals surface area (Å²) in [5, 5.41) is 18.4. The molecule has 0 aliphatic heterocycles. The third-order valence-electron chi connectivity index (χ3n) is 2.54. The lowest BCUT2D eigenvalue weighted by molar-refractivity contribution is 0.0691. The van der Waals surface area contributed by atoms with Gasteiger partial charge in [0.15, 0.2) is 0 Å². The van der Waals surface area contributed by atoms with E-state index in [2.05, 4.69) is 15.2 Å². The van der Waals surface area contributed by atoms with Crippen LogP contribution in [0.1, 0.15) is 10.5 Å². The molecule has 6 heteroatoms. The molecule has 0 atom stereocenters. The van der Waals surface area contributed by atoms with Crippen molar-refractivity contribution < 1.29 is 9.90 Å². The number of nitrogens with zero attached hydrogens (tertiary/aromatic N) is 3. The molecule has 1 N–H and O–H groups in total. The fourth-order valence-corrected chi connectivity index (χ4v) is 2.34. The first kappa shape index (κ1) is 10.8. The highest BCUT2D eigenvalue weighted by Gasteiger charge is 2.10. The molecule has 0 radical (unpaired) electrons. The van der Waals surface area contributed by atoms with Gasteiger partial charge >= 0.3 is 5.97 Å². The molecule has 0 fully saturated rings. The second-order valence-electron chi connectivity index (χ2n) is 3.62. The maximum atomic E-state index is 10.9. The number of pyridine rings is 1. The van der Waals surface area contributed by atoms with E-state index in [1.54, 1.807) is 17.6 Å². The lowest BCUT2D eigenvalue weighted by Gasteiger charge is -2.03. The molecule has 2 heterocycles. The number of carboxylic acids is 1. The minimum atomic E-state index is -1.03. The van der Waals surface area contributed by atoms with Crippen LogP contribution >= 0.6 is 11.3 Å². The van der Waals surface area contributed by atoms with Crippen LogP contribution in [0, 0.1) is 0 Å². The molecule has 0 spiro atoms. The predicted octanol–water partition coefficient (Wildman–Crippen LogP) is 2.45. The third kappa shape index (κ3) is 1.72. The van der Waals surface area contributed by atoms with E-state index in [1.807, 2.05) is 12.1 Å². The highest BCUT2D eigenvalue weighted by atomic mass is 32.1. The molecule has 88 valence electrons. The van der Waals surface area contributed by atoms with Gasteiger partial charge in [-0.05, 0) is 18.2 Å². The van der Waals surface area contributed by atoms with E-state index in [-0.39, 0.29) is 5.69 Å². The number of benzene rings is 1. The summed E-state index contributed by atoms with van der Waals surface area (Å²) in [5.41, 5.74) is 3.26. The normalized spacial score (nSPS) is 10.7. The summed E-state index contributed by atoms with van der Waals surface area (Å²) in [7, 11) is 0. The fourth-order valence-electron chi connectivity index (χ4n) is 1.75. The standard InChI is InChI=1S/C12H7N3O2S/c16-12(17)10-5-4-7-8(11-15-13-6-18-11)2-1-3-9(7)14-10/h1-6H,(H,16,17). The molecule has 3 rings (SSSR count). The fraction of sp³-hybridized carbons (Fsp3) is 0. The third-order valence-corrected chi connectivity index (χ3v) is 3.27. The summed E-state index contributed by atoms with van der Waals surface area (Å²) >= 11 is 1.44. The van der Waals surface area contributed by atoms with E-state index in [1.165, 1.54) is 17.4 Å². The zero-order chi connectivity index (χ0) is 12.5. The molecule has 3 aromatic rings. The highest BCUT2D eigenvalue weighted by Crippen LogP contribution is 2.28. The van der Waals surface area contributed by atoms with Crippen LogP contribution in [0.2, 0.25) is 0 Å². The molecule has 0 saturated heterocycles. The van der Waals surface area contributed by atoms with E-state index in [0.717, 1.165) is 16.0 Å². The van der Waals surface area contributed by atoms with Gasteiger partial charge < -0.3 is 5.11 Å². The van der Waals surface area contributed by atoms with Crippen molar-refractivity contribution in [2.75, 3.05) is 0 Å². The van der Waals surface area contributed by atoms with Crippen molar-refractivity contribution in [1.82, 2.24) is 15.2 Å². The van der Waals surface area contributed by atoms with Gasteiger partial charge in [0.1, 0.15) is 16.2 Å². The number of aromatic carboxylic acids is 1. The number of hydrogen-bond donors (Lipinski definition) is 1. The summed E-state index contributed by atoms with van der Waals surface area (Å²) < 4.78 is 0. The molecule has 1 aromatic carbocycles. The lowest BCUT2D eigenvalue weighted by atomic mass is 10.1. The van der Waals surface area contributed by atoms with Gasteiger partial charge in [-0.3, -0.25) is 0 Å². The molecule has 2 aromatic heterocycles. The first-order valence-electron chi connectivity index (χ1n) is 5.15. The number of hydrogen-bond acceptors (Lipinski definition) is 5. The number of carboxylic acid groups (broad SMARTS) is 1. The second kappa shape index (κ2) is 4.15. The van der Waals surface area contributed by atoms with Gasteiger partial charge in [-0.25, -0.2) is 9.78 Å². The van der Waals surface area contributed by atoms with Crippen molar-refractivity contribution in [2.24, 2.45) is 0 Å². The quantitative estimate of drug-likeness (QED) is 0.763. The van der Waals surface area contributed by atoms with Crippen LogP contribution in [-0.4, -0.2) is 26.3 Å². The minimum absolute atomic E-state index is 0.0388. The van der Waals surface area contributed by atoms with Crippen molar-refractivity contribution >= 4 is 28.2 Å². The van der Waals surface area contributed by atoms with Crippen LogP contribution < -0.4 is 0 Å². The van der Waals surface area contributed by atoms with Crippen LogP contribution in [0.4, 0.5) is 0 Å². The van der Waals surface area contributed by atoms with Crippen molar-refractivity contribution in [1.29, 1.82) is 0 Å². The molecule has 0 saturated carbocycles. The van der Waals surface area contributed by atoms with Crippen LogP contribution in [0.3, 0.4) is 0 Å². The van der Waals surface area contributed by atoms with Crippen LogP contribution in [0.25, 0.3) is 21.5 Å². The van der Waals surface area contributed by atoms with Crippen molar-refractivity contribution in [3.05, 3.63) is 41.5 Å². The smallest absolute Gasteiger partial charge is 0.354 e. The van der Waals surface area contributed by atoms with Crippen molar-refractivity contribution in [3.63, 3.8) is 0 Å². The van der Waals surface area contributed by atoms with E-state index in [9.17, 15) is 4.79 Å². The topological polar surface area (TPSA) is 76.0 Å². The molecule has 0 unspecified atom stereocenters. The molecular formula is C12H7N3O2S. The van der Waals surface area contributed by atoms with E-state index in [4.69, 9.17) is 5.11 Å². The summed E-state index contributed by atoms with van der Waals surface area (Å²) in [6.45, 7) is 0. The van der Waals surface area contributed by atoms with Crippen LogP contribution in [0.5, 0.6) is 0 Å². The summed E-state index contributed by atoms with van der Waals surface area (Å²) in [6.07, 6.45) is 0. The Kier molecular flexibility index (Phi) is 2.49. The molecule has 0 amide bonds. The summed E-state index contributed by atoms with van der Waals surface area (Å²) in [4.78, 5) is 15.0. The Bertz CT molecular complexity index is 725. The van der Waals surface area contributed by atoms with Gasteiger partial charge in [-0.1, -0.05) is 23.5 Å². The SMILES string of the molecule is O=C(O)c1ccc2c(-c3nncs3)cccc2n1. The van der Waals surface area contributed by atoms with Gasteiger partial charge in [-0.15, -0.1) is 10.2 Å². The van der Waals surface area contributed by atoms with Crippen molar-refractivity contribution in [3.8, 4) is 10.6 Å². The number of aromatic nitrogens is 3. The molecule has 0 bridgehead atoms. The molecule has 0 aliphatic rings. The first-order valence-corrected chi connectivity index (χ1v) is 6.03. The largest absolute Gasteiger partial charge is 0.477 e. The Morgan fingerprint density at radius 2 is 2.11 bits per heavy atom. The average Bonchev–Trinajstić information content (AvgIpc) is 2.91. The van der Waals surface area contributed by atoms with Crippen LogP contribution in [-0.2, 0) is 0 Å². The Hall–Kier alpha value is -2.34. The number of rotatable bonds is 2. The van der Waals surface area contributed by atoms with E-state index < -0.39 is 5.97 Å². The maximum absolute atomic E-state index is 10.9. The monoisotopic (exact) mass is 257 g/mol. The molecule has 0 aliphatic carbocycles. The summed E-state index contributed by atoms with van der Waals surface area (Å²) in [5.74, 6) is -1.03. The Labute approximate surface area is 106 Å². The maximum Gasteiger partial charge on any atom is 0.354 e. The minimum Gasteiger partial charge on any atom is -0.477 e. The van der Waals surface area contributed by atoms with Gasteiger partial charge in [-0.2, -0.15) is 0 Å². The Balaban J connectivity index is 2.26. The zero-order valence-corrected chi connectivity index (χ0v) is 9.89. The molecule has 5 nitrogen and oxygen atoms in total. The van der Waals surface area contributed by atoms with Gasteiger partial charge in [0.05, 0.1) is 5.52 Å². The van der Waals surface area contributed by atoms with Gasteiger partial charge in [0.2, 0.25) is 0 Å². The summed E-state index contributed by atoms with van der Waals surface area (Å²) in [6, 6.07) is 8.78. The predicted molar refractivity (Wildman–Crippen MR) is 67.6 cm³/mol. The van der Waals surface area contributed by atoms with E-state index in [0.29, 0.717) is 5.52 Å². The Morgan fingerprint density at radius 3 is 2.83 bits per heavy atom.